The average molecular weight is 282 g/mol. The Morgan fingerprint density at radius 1 is 1.47 bits per heavy atom. The van der Waals surface area contributed by atoms with Crippen molar-refractivity contribution >= 4 is 17.5 Å². The summed E-state index contributed by atoms with van der Waals surface area (Å²) >= 11 is 5.94. The maximum absolute atomic E-state index is 12.4. The summed E-state index contributed by atoms with van der Waals surface area (Å²) in [6.45, 7) is 0.383. The van der Waals surface area contributed by atoms with Crippen LogP contribution in [-0.2, 0) is 11.2 Å². The van der Waals surface area contributed by atoms with Crippen molar-refractivity contribution in [3.8, 4) is 5.75 Å². The van der Waals surface area contributed by atoms with Gasteiger partial charge >= 0.3 is 0 Å². The van der Waals surface area contributed by atoms with Crippen LogP contribution >= 0.6 is 11.6 Å². The lowest BCUT2D eigenvalue weighted by atomic mass is 10.1. The Hall–Kier alpha value is -1.26. The van der Waals surface area contributed by atoms with Crippen molar-refractivity contribution in [2.45, 2.75) is 31.4 Å². The van der Waals surface area contributed by atoms with Gasteiger partial charge in [0.2, 0.25) is 0 Å². The fourth-order valence-electron chi connectivity index (χ4n) is 2.51. The zero-order valence-corrected chi connectivity index (χ0v) is 11.3. The second-order valence-electron chi connectivity index (χ2n) is 5.05. The first-order valence-corrected chi connectivity index (χ1v) is 6.93. The van der Waals surface area contributed by atoms with E-state index in [1.54, 1.807) is 17.0 Å². The zero-order chi connectivity index (χ0) is 13.4. The summed E-state index contributed by atoms with van der Waals surface area (Å²) in [5.74, 6) is 0.714. The van der Waals surface area contributed by atoms with Crippen LogP contribution in [0.15, 0.2) is 18.2 Å². The Labute approximate surface area is 116 Å². The van der Waals surface area contributed by atoms with E-state index in [9.17, 15) is 4.79 Å². The Bertz CT molecular complexity index is 501. The number of aliphatic hydroxyl groups is 1. The van der Waals surface area contributed by atoms with E-state index in [4.69, 9.17) is 21.4 Å². The maximum atomic E-state index is 12.4. The van der Waals surface area contributed by atoms with E-state index < -0.39 is 6.10 Å². The highest BCUT2D eigenvalue weighted by molar-refractivity contribution is 6.30. The summed E-state index contributed by atoms with van der Waals surface area (Å²) < 4.78 is 5.70. The summed E-state index contributed by atoms with van der Waals surface area (Å²) in [6.07, 6.45) is 2.14. The minimum absolute atomic E-state index is 0.00621. The number of hydrogen-bond donors (Lipinski definition) is 1. The van der Waals surface area contributed by atoms with E-state index in [-0.39, 0.29) is 18.6 Å². The fraction of sp³-hybridized carbons (Fsp3) is 0.500. The van der Waals surface area contributed by atoms with Gasteiger partial charge in [0, 0.05) is 24.0 Å². The monoisotopic (exact) mass is 281 g/mol. The van der Waals surface area contributed by atoms with Gasteiger partial charge in [-0.3, -0.25) is 4.79 Å². The highest BCUT2D eigenvalue weighted by atomic mass is 35.5. The predicted molar refractivity (Wildman–Crippen MR) is 71.4 cm³/mol. The number of rotatable bonds is 4. The van der Waals surface area contributed by atoms with Crippen LogP contribution in [0.1, 0.15) is 18.4 Å². The molecular weight excluding hydrogens is 266 g/mol. The van der Waals surface area contributed by atoms with E-state index in [2.05, 4.69) is 0 Å². The normalized spacial score (nSPS) is 20.8. The van der Waals surface area contributed by atoms with Crippen LogP contribution < -0.4 is 4.74 Å². The number of ether oxygens (including phenoxy) is 1. The number of halogens is 1. The minimum Gasteiger partial charge on any atom is -0.480 e. The summed E-state index contributed by atoms with van der Waals surface area (Å²) in [7, 11) is 0. The Kier molecular flexibility index (Phi) is 3.37. The van der Waals surface area contributed by atoms with Crippen molar-refractivity contribution in [2.24, 2.45) is 0 Å². The van der Waals surface area contributed by atoms with Gasteiger partial charge in [-0.2, -0.15) is 0 Å². The predicted octanol–water partition coefficient (Wildman–Crippen LogP) is 1.63. The molecule has 1 amide bonds. The number of benzene rings is 1. The molecule has 2 aliphatic rings. The van der Waals surface area contributed by atoms with Crippen molar-refractivity contribution in [3.05, 3.63) is 28.8 Å². The SMILES string of the molecule is O=C(C1Cc2cc(Cl)ccc2O1)N(CCO)C1CC1. The van der Waals surface area contributed by atoms with Gasteiger partial charge in [0.25, 0.3) is 5.91 Å². The molecule has 5 heteroatoms. The molecule has 1 fully saturated rings. The van der Waals surface area contributed by atoms with Gasteiger partial charge in [0.1, 0.15) is 5.75 Å². The molecule has 0 radical (unpaired) electrons. The molecule has 0 bridgehead atoms. The third-order valence-corrected chi connectivity index (χ3v) is 3.82. The maximum Gasteiger partial charge on any atom is 0.264 e. The summed E-state index contributed by atoms with van der Waals surface area (Å²) in [6, 6.07) is 5.70. The molecule has 1 saturated carbocycles. The molecule has 1 N–H and O–H groups in total. The van der Waals surface area contributed by atoms with Crippen LogP contribution in [0, 0.1) is 0 Å². The first kappa shape index (κ1) is 12.8. The Balaban J connectivity index is 1.72. The van der Waals surface area contributed by atoms with E-state index >= 15 is 0 Å². The summed E-state index contributed by atoms with van der Waals surface area (Å²) in [5.41, 5.74) is 0.977. The van der Waals surface area contributed by atoms with Gasteiger partial charge in [-0.15, -0.1) is 0 Å². The molecule has 3 rings (SSSR count). The lowest BCUT2D eigenvalue weighted by molar-refractivity contribution is -0.139. The largest absolute Gasteiger partial charge is 0.480 e. The Morgan fingerprint density at radius 2 is 2.26 bits per heavy atom. The van der Waals surface area contributed by atoms with Crippen LogP contribution in [0.4, 0.5) is 0 Å². The highest BCUT2D eigenvalue weighted by Crippen LogP contribution is 2.33. The molecule has 1 aromatic carbocycles. The fourth-order valence-corrected chi connectivity index (χ4v) is 2.70. The molecule has 1 atom stereocenters. The number of fused-ring (bicyclic) bond motifs is 1. The minimum atomic E-state index is -0.472. The number of aliphatic hydroxyl groups excluding tert-OH is 1. The number of amides is 1. The standard InChI is InChI=1S/C14H16ClNO3/c15-10-1-4-12-9(7-10)8-13(19-12)14(18)16(5-6-17)11-2-3-11/h1,4,7,11,13,17H,2-3,5-6,8H2. The van der Waals surface area contributed by atoms with Crippen molar-refractivity contribution < 1.29 is 14.6 Å². The second kappa shape index (κ2) is 5.02. The van der Waals surface area contributed by atoms with Crippen molar-refractivity contribution in [1.82, 2.24) is 4.90 Å². The van der Waals surface area contributed by atoms with Gasteiger partial charge in [-0.05, 0) is 36.6 Å². The molecular formula is C14H16ClNO3. The number of hydrogen-bond acceptors (Lipinski definition) is 3. The zero-order valence-electron chi connectivity index (χ0n) is 10.5. The number of nitrogens with zero attached hydrogens (tertiary/aromatic N) is 1. The van der Waals surface area contributed by atoms with E-state index in [1.807, 2.05) is 6.07 Å². The van der Waals surface area contributed by atoms with E-state index in [0.29, 0.717) is 18.0 Å². The first-order valence-electron chi connectivity index (χ1n) is 6.55. The smallest absolute Gasteiger partial charge is 0.264 e. The molecule has 1 aromatic rings. The van der Waals surface area contributed by atoms with Gasteiger partial charge in [0.05, 0.1) is 6.61 Å². The highest BCUT2D eigenvalue weighted by Gasteiger charge is 2.38. The third-order valence-electron chi connectivity index (χ3n) is 3.58. The van der Waals surface area contributed by atoms with Crippen LogP contribution in [0.5, 0.6) is 5.75 Å². The average Bonchev–Trinajstić information content (AvgIpc) is 3.14. The molecule has 1 aliphatic heterocycles. The third kappa shape index (κ3) is 2.55. The second-order valence-corrected chi connectivity index (χ2v) is 5.49. The Morgan fingerprint density at radius 3 is 2.95 bits per heavy atom. The van der Waals surface area contributed by atoms with Crippen molar-refractivity contribution in [1.29, 1.82) is 0 Å². The molecule has 0 aromatic heterocycles. The van der Waals surface area contributed by atoms with Crippen LogP contribution in [0.3, 0.4) is 0 Å². The van der Waals surface area contributed by atoms with E-state index in [1.165, 1.54) is 0 Å². The quantitative estimate of drug-likeness (QED) is 0.912. The molecule has 1 aliphatic carbocycles. The number of carbonyl (C=O) groups is 1. The number of carbonyl (C=O) groups excluding carboxylic acids is 1. The molecule has 4 nitrogen and oxygen atoms in total. The molecule has 1 unspecified atom stereocenters. The van der Waals surface area contributed by atoms with Crippen LogP contribution in [0.2, 0.25) is 5.02 Å². The summed E-state index contributed by atoms with van der Waals surface area (Å²) in [5, 5.41) is 9.72. The van der Waals surface area contributed by atoms with Gasteiger partial charge in [-0.1, -0.05) is 11.6 Å². The van der Waals surface area contributed by atoms with Gasteiger partial charge < -0.3 is 14.7 Å². The molecule has 1 heterocycles. The first-order chi connectivity index (χ1) is 9.19. The lowest BCUT2D eigenvalue weighted by Crippen LogP contribution is -2.44. The molecule has 0 spiro atoms. The molecule has 102 valence electrons. The summed E-state index contributed by atoms with van der Waals surface area (Å²) in [4.78, 5) is 14.2. The van der Waals surface area contributed by atoms with Crippen molar-refractivity contribution in [2.75, 3.05) is 13.2 Å². The topological polar surface area (TPSA) is 49.8 Å². The van der Waals surface area contributed by atoms with E-state index in [0.717, 1.165) is 24.2 Å². The van der Waals surface area contributed by atoms with Crippen molar-refractivity contribution in [3.63, 3.8) is 0 Å². The van der Waals surface area contributed by atoms with Gasteiger partial charge in [0.15, 0.2) is 6.10 Å². The van der Waals surface area contributed by atoms with Crippen LogP contribution in [0.25, 0.3) is 0 Å². The molecule has 0 saturated heterocycles. The lowest BCUT2D eigenvalue weighted by Gasteiger charge is -2.24. The van der Waals surface area contributed by atoms with Crippen LogP contribution in [-0.4, -0.2) is 41.2 Å². The molecule has 19 heavy (non-hydrogen) atoms. The van der Waals surface area contributed by atoms with Gasteiger partial charge in [-0.25, -0.2) is 0 Å².